The summed E-state index contributed by atoms with van der Waals surface area (Å²) in [4.78, 5) is 36.3. The number of aromatic nitrogens is 3. The second kappa shape index (κ2) is 12.7. The quantitative estimate of drug-likeness (QED) is 0.140. The fraction of sp³-hybridized carbons (Fsp3) is 0.588. The van der Waals surface area contributed by atoms with Crippen LogP contribution in [0.2, 0.25) is 25.7 Å². The van der Waals surface area contributed by atoms with Crippen LogP contribution < -0.4 is 10.6 Å². The van der Waals surface area contributed by atoms with Gasteiger partial charge in [0.25, 0.3) is 0 Å². The summed E-state index contributed by atoms with van der Waals surface area (Å²) in [5.74, 6) is 0.00633. The van der Waals surface area contributed by atoms with Crippen LogP contribution in [0.5, 0.6) is 0 Å². The average molecular weight is 622 g/mol. The first-order valence-corrected chi connectivity index (χ1v) is 19.4. The lowest BCUT2D eigenvalue weighted by Crippen LogP contribution is -2.43. The third-order valence-electron chi connectivity index (χ3n) is 7.99. The number of Topliss-reactive ketones (excluding diaryl/α,β-unsaturated/α-hetero) is 1. The maximum absolute atomic E-state index is 13.6. The van der Waals surface area contributed by atoms with E-state index < -0.39 is 25.2 Å². The Kier molecular flexibility index (Phi) is 9.78. The highest BCUT2D eigenvalue weighted by atomic mass is 28.3. The molecule has 1 amide bonds. The normalized spacial score (nSPS) is 18.4. The molecule has 3 aromatic rings. The van der Waals surface area contributed by atoms with Gasteiger partial charge in [-0.25, -0.2) is 14.8 Å². The fourth-order valence-corrected chi connectivity index (χ4v) is 6.20. The number of hydrogen-bond acceptors (Lipinski definition) is 7. The fourth-order valence-electron chi connectivity index (χ4n) is 5.45. The number of amides is 1. The van der Waals surface area contributed by atoms with Gasteiger partial charge in [-0.3, -0.25) is 4.79 Å². The van der Waals surface area contributed by atoms with Crippen molar-refractivity contribution in [2.24, 2.45) is 10.8 Å². The van der Waals surface area contributed by atoms with Crippen LogP contribution in [0.25, 0.3) is 22.4 Å². The SMILES string of the molecule is CC(C)(C)OC(=O)NC(c1cccc(-c2cnc3c(n2)c(C(=O)C(C)(C)C)cn3COCC[Si](C)(C)C)c1)C1(C)CCNC1. The van der Waals surface area contributed by atoms with E-state index in [0.717, 1.165) is 36.7 Å². The lowest BCUT2D eigenvalue weighted by atomic mass is 9.77. The van der Waals surface area contributed by atoms with Gasteiger partial charge >= 0.3 is 6.09 Å². The van der Waals surface area contributed by atoms with Gasteiger partial charge < -0.3 is 24.7 Å². The predicted molar refractivity (Wildman–Crippen MR) is 179 cm³/mol. The Balaban J connectivity index is 1.71. The Bertz CT molecular complexity index is 1490. The van der Waals surface area contributed by atoms with Crippen molar-refractivity contribution in [3.8, 4) is 11.3 Å². The van der Waals surface area contributed by atoms with Crippen molar-refractivity contribution in [2.75, 3.05) is 19.7 Å². The zero-order chi connectivity index (χ0) is 32.5. The minimum absolute atomic E-state index is 0.00633. The smallest absolute Gasteiger partial charge is 0.408 e. The molecule has 10 heteroatoms. The van der Waals surface area contributed by atoms with Crippen molar-refractivity contribution in [1.29, 1.82) is 0 Å². The monoisotopic (exact) mass is 621 g/mol. The topological polar surface area (TPSA) is 107 Å². The van der Waals surface area contributed by atoms with E-state index in [1.54, 1.807) is 6.20 Å². The summed E-state index contributed by atoms with van der Waals surface area (Å²) in [5, 5.41) is 6.61. The molecule has 0 saturated carbocycles. The largest absolute Gasteiger partial charge is 0.444 e. The van der Waals surface area contributed by atoms with Gasteiger partial charge in [-0.15, -0.1) is 0 Å². The maximum Gasteiger partial charge on any atom is 0.408 e. The minimum Gasteiger partial charge on any atom is -0.444 e. The molecular formula is C34H51N5O4Si. The Morgan fingerprint density at radius 2 is 1.89 bits per heavy atom. The van der Waals surface area contributed by atoms with Gasteiger partial charge in [0.15, 0.2) is 11.4 Å². The van der Waals surface area contributed by atoms with Crippen LogP contribution in [0.3, 0.4) is 0 Å². The predicted octanol–water partition coefficient (Wildman–Crippen LogP) is 7.20. The lowest BCUT2D eigenvalue weighted by Gasteiger charge is -2.35. The molecule has 0 aliphatic carbocycles. The number of nitrogens with one attached hydrogen (secondary N) is 2. The molecule has 0 spiro atoms. The number of carbonyl (C=O) groups is 2. The number of fused-ring (bicyclic) bond motifs is 1. The number of carbonyl (C=O) groups excluding carboxylic acids is 2. The van der Waals surface area contributed by atoms with Crippen molar-refractivity contribution in [1.82, 2.24) is 25.2 Å². The molecule has 2 unspecified atom stereocenters. The lowest BCUT2D eigenvalue weighted by molar-refractivity contribution is 0.0455. The number of ether oxygens (including phenoxy) is 2. The van der Waals surface area contributed by atoms with E-state index in [2.05, 4.69) is 43.3 Å². The molecule has 1 aliphatic heterocycles. The summed E-state index contributed by atoms with van der Waals surface area (Å²) in [6.45, 7) is 23.1. The van der Waals surface area contributed by atoms with Crippen molar-refractivity contribution in [3.63, 3.8) is 0 Å². The first-order valence-electron chi connectivity index (χ1n) is 15.7. The van der Waals surface area contributed by atoms with Gasteiger partial charge in [0.1, 0.15) is 17.8 Å². The standard InChI is InChI=1S/C34H51N5O4Si/c1-32(2,3)29(40)25-20-39(22-42-16-17-44(8,9)10)30-27(25)37-26(19-36-30)23-12-11-13-24(18-23)28(34(7)14-15-35-21-34)38-31(41)43-33(4,5)6/h11-13,18-20,28,35H,14-17,21-22H2,1-10H3,(H,38,41). The van der Waals surface area contributed by atoms with E-state index in [9.17, 15) is 9.59 Å². The van der Waals surface area contributed by atoms with E-state index in [4.69, 9.17) is 19.4 Å². The summed E-state index contributed by atoms with van der Waals surface area (Å²) in [6, 6.07) is 8.83. The highest BCUT2D eigenvalue weighted by molar-refractivity contribution is 6.76. The molecule has 3 heterocycles. The molecular weight excluding hydrogens is 570 g/mol. The molecule has 2 N–H and O–H groups in total. The second-order valence-electron chi connectivity index (χ2n) is 15.7. The van der Waals surface area contributed by atoms with Gasteiger partial charge in [-0.2, -0.15) is 0 Å². The van der Waals surface area contributed by atoms with Crippen LogP contribution in [-0.4, -0.2) is 59.8 Å². The van der Waals surface area contributed by atoms with Crippen molar-refractivity contribution < 1.29 is 19.1 Å². The summed E-state index contributed by atoms with van der Waals surface area (Å²) in [5.41, 5.74) is 2.82. The zero-order valence-electron chi connectivity index (χ0n) is 28.3. The summed E-state index contributed by atoms with van der Waals surface area (Å²) in [6.07, 6.45) is 4.05. The van der Waals surface area contributed by atoms with Crippen LogP contribution in [0.15, 0.2) is 36.7 Å². The number of ketones is 1. The van der Waals surface area contributed by atoms with E-state index in [-0.39, 0.29) is 17.2 Å². The van der Waals surface area contributed by atoms with Gasteiger partial charge in [0.05, 0.1) is 23.5 Å². The molecule has 9 nitrogen and oxygen atoms in total. The molecule has 4 rings (SSSR count). The summed E-state index contributed by atoms with van der Waals surface area (Å²) >= 11 is 0. The number of nitrogens with zero attached hydrogens (tertiary/aromatic N) is 3. The summed E-state index contributed by atoms with van der Waals surface area (Å²) < 4.78 is 13.6. The van der Waals surface area contributed by atoms with Crippen molar-refractivity contribution in [2.45, 2.75) is 98.9 Å². The third-order valence-corrected chi connectivity index (χ3v) is 9.70. The Morgan fingerprint density at radius 3 is 2.50 bits per heavy atom. The van der Waals surface area contributed by atoms with Crippen molar-refractivity contribution >= 4 is 31.1 Å². The zero-order valence-corrected chi connectivity index (χ0v) is 29.3. The molecule has 240 valence electrons. The second-order valence-corrected chi connectivity index (χ2v) is 21.3. The molecule has 44 heavy (non-hydrogen) atoms. The molecule has 0 bridgehead atoms. The van der Waals surface area contributed by atoms with Gasteiger partial charge in [-0.05, 0) is 51.4 Å². The van der Waals surface area contributed by atoms with Crippen LogP contribution >= 0.6 is 0 Å². The van der Waals surface area contributed by atoms with Crippen LogP contribution in [0, 0.1) is 10.8 Å². The first kappa shape index (κ1) is 33.8. The molecule has 2 aromatic heterocycles. The highest BCUT2D eigenvalue weighted by Gasteiger charge is 2.40. The van der Waals surface area contributed by atoms with E-state index in [1.165, 1.54) is 0 Å². The Morgan fingerprint density at radius 1 is 1.16 bits per heavy atom. The maximum atomic E-state index is 13.6. The molecule has 1 saturated heterocycles. The number of rotatable bonds is 10. The number of hydrogen-bond donors (Lipinski definition) is 2. The number of benzene rings is 1. The third kappa shape index (κ3) is 8.34. The van der Waals surface area contributed by atoms with Crippen molar-refractivity contribution in [3.05, 3.63) is 47.8 Å². The van der Waals surface area contributed by atoms with Gasteiger partial charge in [0, 0.05) is 43.8 Å². The van der Waals surface area contributed by atoms with Crippen LogP contribution in [0.4, 0.5) is 4.79 Å². The van der Waals surface area contributed by atoms with Gasteiger partial charge in [-0.1, -0.05) is 65.5 Å². The molecule has 2 atom stereocenters. The molecule has 1 aliphatic rings. The van der Waals surface area contributed by atoms with E-state index >= 15 is 0 Å². The van der Waals surface area contributed by atoms with Gasteiger partial charge in [0.2, 0.25) is 0 Å². The van der Waals surface area contributed by atoms with E-state index in [0.29, 0.717) is 35.8 Å². The molecule has 1 aromatic carbocycles. The first-order chi connectivity index (χ1) is 20.4. The summed E-state index contributed by atoms with van der Waals surface area (Å²) in [7, 11) is -1.23. The number of alkyl carbamates (subject to hydrolysis) is 1. The Hall–Kier alpha value is -3.08. The average Bonchev–Trinajstić information content (AvgIpc) is 3.51. The molecule has 0 radical (unpaired) electrons. The minimum atomic E-state index is -1.23. The van der Waals surface area contributed by atoms with Crippen LogP contribution in [-0.2, 0) is 16.2 Å². The highest BCUT2D eigenvalue weighted by Crippen LogP contribution is 2.40. The Labute approximate surface area is 263 Å². The van der Waals surface area contributed by atoms with Crippen LogP contribution in [0.1, 0.15) is 76.9 Å². The van der Waals surface area contributed by atoms with E-state index in [1.807, 2.05) is 70.5 Å². The molecule has 1 fully saturated rings.